The summed E-state index contributed by atoms with van der Waals surface area (Å²) in [5, 5.41) is 3.33. The Labute approximate surface area is 119 Å². The third-order valence-corrected chi connectivity index (χ3v) is 2.94. The van der Waals surface area contributed by atoms with Crippen LogP contribution in [0.15, 0.2) is 54.6 Å². The predicted octanol–water partition coefficient (Wildman–Crippen LogP) is 3.66. The van der Waals surface area contributed by atoms with E-state index in [9.17, 15) is 4.79 Å². The minimum atomic E-state index is -0.216. The molecule has 3 nitrogen and oxygen atoms in total. The van der Waals surface area contributed by atoms with Crippen molar-refractivity contribution < 1.29 is 9.53 Å². The van der Waals surface area contributed by atoms with E-state index in [0.29, 0.717) is 12.2 Å². The molecule has 0 unspecified atom stereocenters. The molecule has 0 bridgehead atoms. The van der Waals surface area contributed by atoms with Gasteiger partial charge in [-0.15, -0.1) is 0 Å². The number of anilines is 1. The van der Waals surface area contributed by atoms with Crippen molar-refractivity contribution in [2.75, 3.05) is 11.9 Å². The average molecular weight is 269 g/mol. The molecule has 0 aliphatic rings. The molecule has 0 atom stereocenters. The Kier molecular flexibility index (Phi) is 5.18. The van der Waals surface area contributed by atoms with Crippen LogP contribution in [-0.4, -0.2) is 12.5 Å². The number of esters is 1. The number of rotatable bonds is 6. The molecule has 1 N–H and O–H groups in total. The Balaban J connectivity index is 1.86. The van der Waals surface area contributed by atoms with Crippen LogP contribution in [-0.2, 0) is 11.2 Å². The Morgan fingerprint density at radius 3 is 2.65 bits per heavy atom. The fraction of sp³-hybridized carbons (Fsp3) is 0.235. The van der Waals surface area contributed by atoms with E-state index < -0.39 is 0 Å². The van der Waals surface area contributed by atoms with E-state index in [2.05, 4.69) is 17.4 Å². The summed E-state index contributed by atoms with van der Waals surface area (Å²) in [5.41, 5.74) is 2.26. The number of carbonyl (C=O) groups excluding carboxylic acids is 1. The molecule has 104 valence electrons. The number of benzene rings is 2. The van der Waals surface area contributed by atoms with Crippen LogP contribution in [0, 0.1) is 0 Å². The topological polar surface area (TPSA) is 38.3 Å². The molecule has 0 aliphatic heterocycles. The van der Waals surface area contributed by atoms with Crippen LogP contribution < -0.4 is 10.1 Å². The Hall–Kier alpha value is -2.29. The number of nitrogens with one attached hydrogen (secondary N) is 1. The SMILES string of the molecule is CCC(=O)Oc1cccc(NCCc2ccccc2)c1. The summed E-state index contributed by atoms with van der Waals surface area (Å²) in [4.78, 5) is 11.2. The normalized spacial score (nSPS) is 10.1. The van der Waals surface area contributed by atoms with Crippen molar-refractivity contribution in [2.45, 2.75) is 19.8 Å². The van der Waals surface area contributed by atoms with Gasteiger partial charge >= 0.3 is 5.97 Å². The fourth-order valence-corrected chi connectivity index (χ4v) is 1.87. The largest absolute Gasteiger partial charge is 0.426 e. The quantitative estimate of drug-likeness (QED) is 0.642. The first-order chi connectivity index (χ1) is 9.78. The van der Waals surface area contributed by atoms with Crippen LogP contribution in [0.25, 0.3) is 0 Å². The predicted molar refractivity (Wildman–Crippen MR) is 81.0 cm³/mol. The Morgan fingerprint density at radius 2 is 1.90 bits per heavy atom. The van der Waals surface area contributed by atoms with Crippen molar-refractivity contribution in [1.29, 1.82) is 0 Å². The standard InChI is InChI=1S/C17H19NO2/c1-2-17(19)20-16-10-6-9-15(13-16)18-12-11-14-7-4-3-5-8-14/h3-10,13,18H,2,11-12H2,1H3. The first-order valence-corrected chi connectivity index (χ1v) is 6.86. The number of hydrogen-bond acceptors (Lipinski definition) is 3. The molecule has 0 radical (unpaired) electrons. The highest BCUT2D eigenvalue weighted by molar-refractivity contribution is 5.72. The van der Waals surface area contributed by atoms with Gasteiger partial charge in [0.05, 0.1) is 0 Å². The fourth-order valence-electron chi connectivity index (χ4n) is 1.87. The molecular formula is C17H19NO2. The highest BCUT2D eigenvalue weighted by Crippen LogP contribution is 2.17. The third kappa shape index (κ3) is 4.43. The molecule has 0 saturated heterocycles. The van der Waals surface area contributed by atoms with Crippen LogP contribution in [0.5, 0.6) is 5.75 Å². The molecule has 3 heteroatoms. The molecule has 0 heterocycles. The summed E-state index contributed by atoms with van der Waals surface area (Å²) in [7, 11) is 0. The van der Waals surface area contributed by atoms with E-state index in [1.165, 1.54) is 5.56 Å². The second kappa shape index (κ2) is 7.34. The molecule has 0 aliphatic carbocycles. The Bertz CT molecular complexity index is 552. The van der Waals surface area contributed by atoms with E-state index >= 15 is 0 Å². The summed E-state index contributed by atoms with van der Waals surface area (Å²) in [5.74, 6) is 0.369. The van der Waals surface area contributed by atoms with Gasteiger partial charge in [-0.3, -0.25) is 4.79 Å². The molecule has 2 aromatic carbocycles. The summed E-state index contributed by atoms with van der Waals surface area (Å²) in [6.45, 7) is 2.62. The molecule has 20 heavy (non-hydrogen) atoms. The smallest absolute Gasteiger partial charge is 0.310 e. The van der Waals surface area contributed by atoms with Gasteiger partial charge in [-0.25, -0.2) is 0 Å². The van der Waals surface area contributed by atoms with Crippen LogP contribution in [0.4, 0.5) is 5.69 Å². The molecule has 0 fully saturated rings. The zero-order valence-corrected chi connectivity index (χ0v) is 11.6. The second-order valence-electron chi connectivity index (χ2n) is 4.52. The molecule has 0 spiro atoms. The van der Waals surface area contributed by atoms with E-state index in [1.807, 2.05) is 36.4 Å². The minimum Gasteiger partial charge on any atom is -0.426 e. The van der Waals surface area contributed by atoms with Crippen molar-refractivity contribution in [2.24, 2.45) is 0 Å². The first kappa shape index (κ1) is 14.1. The lowest BCUT2D eigenvalue weighted by Gasteiger charge is -2.08. The number of ether oxygens (including phenoxy) is 1. The van der Waals surface area contributed by atoms with E-state index in [4.69, 9.17) is 4.74 Å². The maximum Gasteiger partial charge on any atom is 0.310 e. The van der Waals surface area contributed by atoms with Gasteiger partial charge < -0.3 is 10.1 Å². The van der Waals surface area contributed by atoms with Gasteiger partial charge in [-0.1, -0.05) is 43.3 Å². The van der Waals surface area contributed by atoms with E-state index in [1.54, 1.807) is 13.0 Å². The van der Waals surface area contributed by atoms with Crippen LogP contribution in [0.2, 0.25) is 0 Å². The van der Waals surface area contributed by atoms with Crippen molar-refractivity contribution in [3.8, 4) is 5.75 Å². The summed E-state index contributed by atoms with van der Waals surface area (Å²) < 4.78 is 5.19. The molecule has 2 rings (SSSR count). The Morgan fingerprint density at radius 1 is 1.10 bits per heavy atom. The van der Waals surface area contributed by atoms with Crippen LogP contribution >= 0.6 is 0 Å². The maximum atomic E-state index is 11.2. The van der Waals surface area contributed by atoms with E-state index in [0.717, 1.165) is 18.7 Å². The van der Waals surface area contributed by atoms with Gasteiger partial charge in [0.1, 0.15) is 5.75 Å². The van der Waals surface area contributed by atoms with Gasteiger partial charge in [0.25, 0.3) is 0 Å². The van der Waals surface area contributed by atoms with Crippen molar-refractivity contribution >= 4 is 11.7 Å². The van der Waals surface area contributed by atoms with Crippen molar-refractivity contribution in [1.82, 2.24) is 0 Å². The van der Waals surface area contributed by atoms with Gasteiger partial charge in [0.2, 0.25) is 0 Å². The van der Waals surface area contributed by atoms with Crippen molar-refractivity contribution in [3.05, 3.63) is 60.2 Å². The highest BCUT2D eigenvalue weighted by atomic mass is 16.5. The molecular weight excluding hydrogens is 250 g/mol. The van der Waals surface area contributed by atoms with Gasteiger partial charge in [-0.05, 0) is 24.1 Å². The molecule has 0 aromatic heterocycles. The van der Waals surface area contributed by atoms with Crippen LogP contribution in [0.3, 0.4) is 0 Å². The minimum absolute atomic E-state index is 0.216. The number of carbonyl (C=O) groups is 1. The van der Waals surface area contributed by atoms with Gasteiger partial charge in [0.15, 0.2) is 0 Å². The molecule has 0 amide bonds. The summed E-state index contributed by atoms with van der Waals surface area (Å²) in [6, 6.07) is 17.8. The lowest BCUT2D eigenvalue weighted by Crippen LogP contribution is -2.07. The first-order valence-electron chi connectivity index (χ1n) is 6.86. The zero-order chi connectivity index (χ0) is 14.2. The summed E-state index contributed by atoms with van der Waals surface area (Å²) in [6.07, 6.45) is 1.34. The lowest BCUT2D eigenvalue weighted by atomic mass is 10.1. The summed E-state index contributed by atoms with van der Waals surface area (Å²) >= 11 is 0. The van der Waals surface area contributed by atoms with Crippen LogP contribution in [0.1, 0.15) is 18.9 Å². The second-order valence-corrected chi connectivity index (χ2v) is 4.52. The van der Waals surface area contributed by atoms with Gasteiger partial charge in [0, 0.05) is 24.7 Å². The third-order valence-electron chi connectivity index (χ3n) is 2.94. The molecule has 0 saturated carbocycles. The monoisotopic (exact) mass is 269 g/mol. The lowest BCUT2D eigenvalue weighted by molar-refractivity contribution is -0.134. The highest BCUT2D eigenvalue weighted by Gasteiger charge is 2.02. The maximum absolute atomic E-state index is 11.2. The van der Waals surface area contributed by atoms with Crippen molar-refractivity contribution in [3.63, 3.8) is 0 Å². The number of hydrogen-bond donors (Lipinski definition) is 1. The van der Waals surface area contributed by atoms with Gasteiger partial charge in [-0.2, -0.15) is 0 Å². The van der Waals surface area contributed by atoms with E-state index in [-0.39, 0.29) is 5.97 Å². The molecule has 2 aromatic rings. The average Bonchev–Trinajstić information content (AvgIpc) is 2.48. The zero-order valence-electron chi connectivity index (χ0n) is 11.6.